The highest BCUT2D eigenvalue weighted by Crippen LogP contribution is 2.64. The number of aliphatic hydroxyl groups is 1. The van der Waals surface area contributed by atoms with Crippen molar-refractivity contribution in [1.29, 1.82) is 0 Å². The molecular formula is C12H15NO4. The van der Waals surface area contributed by atoms with Crippen LogP contribution in [0.1, 0.15) is 25.8 Å². The fourth-order valence-electron chi connectivity index (χ4n) is 2.53. The number of nitro benzene ring substituents is 1. The molecule has 2 N–H and O–H groups in total. The largest absolute Gasteiger partial charge is 0.502 e. The molecule has 0 saturated heterocycles. The number of phenols is 1. The molecule has 1 fully saturated rings. The third-order valence-corrected chi connectivity index (χ3v) is 3.91. The SMILES string of the molecule is CC1(C)CC1(CO)c1ccc(O)c([N+](=O)[O-])c1. The Bertz CT molecular complexity index is 483. The van der Waals surface area contributed by atoms with E-state index in [9.17, 15) is 20.3 Å². The Hall–Kier alpha value is -1.62. The minimum absolute atomic E-state index is 0.0398. The number of hydrogen-bond acceptors (Lipinski definition) is 4. The zero-order chi connectivity index (χ0) is 12.8. The van der Waals surface area contributed by atoms with Crippen LogP contribution in [0.2, 0.25) is 0 Å². The summed E-state index contributed by atoms with van der Waals surface area (Å²) in [6.45, 7) is 3.99. The van der Waals surface area contributed by atoms with Crippen molar-refractivity contribution in [2.45, 2.75) is 25.7 Å². The minimum atomic E-state index is -0.612. The predicted molar refractivity (Wildman–Crippen MR) is 61.9 cm³/mol. The zero-order valence-electron chi connectivity index (χ0n) is 9.80. The van der Waals surface area contributed by atoms with Crippen LogP contribution in [0.15, 0.2) is 18.2 Å². The van der Waals surface area contributed by atoms with Gasteiger partial charge in [-0.2, -0.15) is 0 Å². The van der Waals surface area contributed by atoms with Gasteiger partial charge in [0.15, 0.2) is 5.75 Å². The molecular weight excluding hydrogens is 222 g/mol. The molecule has 1 unspecified atom stereocenters. The summed E-state index contributed by atoms with van der Waals surface area (Å²) in [5.74, 6) is -0.342. The molecule has 1 atom stereocenters. The van der Waals surface area contributed by atoms with Crippen molar-refractivity contribution in [2.75, 3.05) is 6.61 Å². The lowest BCUT2D eigenvalue weighted by molar-refractivity contribution is -0.386. The lowest BCUT2D eigenvalue weighted by Crippen LogP contribution is -2.19. The van der Waals surface area contributed by atoms with Gasteiger partial charge in [-0.3, -0.25) is 10.1 Å². The second-order valence-corrected chi connectivity index (χ2v) is 5.26. The van der Waals surface area contributed by atoms with Gasteiger partial charge in [0.05, 0.1) is 11.5 Å². The first-order valence-electron chi connectivity index (χ1n) is 5.43. The van der Waals surface area contributed by atoms with Gasteiger partial charge >= 0.3 is 5.69 Å². The van der Waals surface area contributed by atoms with Crippen LogP contribution in [-0.4, -0.2) is 21.7 Å². The number of benzene rings is 1. The first-order valence-corrected chi connectivity index (χ1v) is 5.43. The van der Waals surface area contributed by atoms with E-state index in [1.165, 1.54) is 12.1 Å². The summed E-state index contributed by atoms with van der Waals surface area (Å²) in [6.07, 6.45) is 0.790. The molecule has 1 saturated carbocycles. The Kier molecular flexibility index (Phi) is 2.39. The number of phenolic OH excluding ortho intramolecular Hbond substituents is 1. The van der Waals surface area contributed by atoms with Gasteiger partial charge in [0, 0.05) is 11.5 Å². The number of aromatic hydroxyl groups is 1. The van der Waals surface area contributed by atoms with Crippen LogP contribution in [0.3, 0.4) is 0 Å². The van der Waals surface area contributed by atoms with Crippen molar-refractivity contribution < 1.29 is 15.1 Å². The molecule has 1 aromatic rings. The first-order chi connectivity index (χ1) is 7.84. The molecule has 0 amide bonds. The van der Waals surface area contributed by atoms with Crippen LogP contribution in [0, 0.1) is 15.5 Å². The lowest BCUT2D eigenvalue weighted by Gasteiger charge is -2.18. The van der Waals surface area contributed by atoms with Crippen molar-refractivity contribution in [3.8, 4) is 5.75 Å². The van der Waals surface area contributed by atoms with Crippen molar-refractivity contribution >= 4 is 5.69 Å². The van der Waals surface area contributed by atoms with Gasteiger partial charge < -0.3 is 10.2 Å². The quantitative estimate of drug-likeness (QED) is 0.621. The highest BCUT2D eigenvalue weighted by atomic mass is 16.6. The number of hydrogen-bond donors (Lipinski definition) is 2. The third kappa shape index (κ3) is 1.58. The summed E-state index contributed by atoms with van der Waals surface area (Å²) >= 11 is 0. The number of nitrogens with zero attached hydrogens (tertiary/aromatic N) is 1. The van der Waals surface area contributed by atoms with Crippen LogP contribution in [0.5, 0.6) is 5.75 Å². The van der Waals surface area contributed by atoms with E-state index >= 15 is 0 Å². The van der Waals surface area contributed by atoms with E-state index < -0.39 is 10.3 Å². The number of aliphatic hydroxyl groups excluding tert-OH is 1. The van der Waals surface area contributed by atoms with Crippen LogP contribution in [-0.2, 0) is 5.41 Å². The van der Waals surface area contributed by atoms with Crippen LogP contribution < -0.4 is 0 Å². The summed E-state index contributed by atoms with van der Waals surface area (Å²) in [6, 6.07) is 4.33. The van der Waals surface area contributed by atoms with Gasteiger partial charge in [0.1, 0.15) is 0 Å². The molecule has 1 aliphatic carbocycles. The Balaban J connectivity index is 2.48. The molecule has 0 aromatic heterocycles. The Morgan fingerprint density at radius 1 is 1.47 bits per heavy atom. The van der Waals surface area contributed by atoms with E-state index in [-0.39, 0.29) is 23.5 Å². The number of rotatable bonds is 3. The Labute approximate surface area is 98.9 Å². The van der Waals surface area contributed by atoms with Crippen molar-refractivity contribution in [3.63, 3.8) is 0 Å². The molecule has 0 bridgehead atoms. The lowest BCUT2D eigenvalue weighted by atomic mass is 9.88. The first kappa shape index (κ1) is 11.9. The molecule has 0 radical (unpaired) electrons. The molecule has 0 aliphatic heterocycles. The van der Waals surface area contributed by atoms with E-state index in [2.05, 4.69) is 0 Å². The Morgan fingerprint density at radius 3 is 2.47 bits per heavy atom. The van der Waals surface area contributed by atoms with E-state index in [0.29, 0.717) is 0 Å². The van der Waals surface area contributed by atoms with E-state index in [4.69, 9.17) is 0 Å². The molecule has 92 valence electrons. The van der Waals surface area contributed by atoms with Crippen LogP contribution in [0.4, 0.5) is 5.69 Å². The van der Waals surface area contributed by atoms with Crippen molar-refractivity contribution in [1.82, 2.24) is 0 Å². The monoisotopic (exact) mass is 237 g/mol. The summed E-state index contributed by atoms with van der Waals surface area (Å²) in [4.78, 5) is 10.1. The van der Waals surface area contributed by atoms with Gasteiger partial charge in [-0.25, -0.2) is 0 Å². The second-order valence-electron chi connectivity index (χ2n) is 5.26. The third-order valence-electron chi connectivity index (χ3n) is 3.91. The highest BCUT2D eigenvalue weighted by molar-refractivity contribution is 5.52. The number of nitro groups is 1. The smallest absolute Gasteiger partial charge is 0.310 e. The summed E-state index contributed by atoms with van der Waals surface area (Å²) in [5.41, 5.74) is -0.0644. The van der Waals surface area contributed by atoms with Gasteiger partial charge in [0.2, 0.25) is 0 Å². The maximum Gasteiger partial charge on any atom is 0.310 e. The van der Waals surface area contributed by atoms with Gasteiger partial charge in [-0.05, 0) is 23.5 Å². The van der Waals surface area contributed by atoms with E-state index in [0.717, 1.165) is 12.0 Å². The molecule has 2 rings (SSSR count). The predicted octanol–water partition coefficient (Wildman–Crippen LogP) is 1.96. The summed E-state index contributed by atoms with van der Waals surface area (Å²) in [7, 11) is 0. The maximum atomic E-state index is 10.8. The fourth-order valence-corrected chi connectivity index (χ4v) is 2.53. The summed E-state index contributed by atoms with van der Waals surface area (Å²) in [5, 5.41) is 29.7. The highest BCUT2D eigenvalue weighted by Gasteiger charge is 2.61. The molecule has 1 aromatic carbocycles. The standard InChI is InChI=1S/C12H15NO4/c1-11(2)6-12(11,7-14)8-3-4-10(15)9(5-8)13(16)17/h3-5,14-15H,6-7H2,1-2H3. The average Bonchev–Trinajstić information content (AvgIpc) is 2.82. The molecule has 0 heterocycles. The van der Waals surface area contributed by atoms with E-state index in [1.807, 2.05) is 13.8 Å². The van der Waals surface area contributed by atoms with Gasteiger partial charge in [-0.1, -0.05) is 19.9 Å². The Morgan fingerprint density at radius 2 is 2.06 bits per heavy atom. The minimum Gasteiger partial charge on any atom is -0.502 e. The fraction of sp³-hybridized carbons (Fsp3) is 0.500. The average molecular weight is 237 g/mol. The van der Waals surface area contributed by atoms with Crippen LogP contribution in [0.25, 0.3) is 0 Å². The maximum absolute atomic E-state index is 10.8. The second kappa shape index (κ2) is 3.43. The van der Waals surface area contributed by atoms with Gasteiger partial charge in [0.25, 0.3) is 0 Å². The van der Waals surface area contributed by atoms with Crippen LogP contribution >= 0.6 is 0 Å². The van der Waals surface area contributed by atoms with Gasteiger partial charge in [-0.15, -0.1) is 0 Å². The normalized spacial score (nSPS) is 25.6. The van der Waals surface area contributed by atoms with Crippen molar-refractivity contribution in [3.05, 3.63) is 33.9 Å². The molecule has 0 spiro atoms. The molecule has 17 heavy (non-hydrogen) atoms. The molecule has 1 aliphatic rings. The topological polar surface area (TPSA) is 83.6 Å². The van der Waals surface area contributed by atoms with E-state index in [1.54, 1.807) is 6.07 Å². The van der Waals surface area contributed by atoms with Crippen molar-refractivity contribution in [2.24, 2.45) is 5.41 Å². The molecule has 5 heteroatoms. The summed E-state index contributed by atoms with van der Waals surface area (Å²) < 4.78 is 0. The zero-order valence-corrected chi connectivity index (χ0v) is 9.80. The molecule has 5 nitrogen and oxygen atoms in total.